The Kier molecular flexibility index (Phi) is 6.88. The molecule has 0 aromatic heterocycles. The minimum absolute atomic E-state index is 0.0688. The molecule has 6 heteroatoms. The van der Waals surface area contributed by atoms with E-state index < -0.39 is 11.7 Å². The number of fused-ring (bicyclic) bond motifs is 1. The second-order valence-corrected chi connectivity index (χ2v) is 8.86. The summed E-state index contributed by atoms with van der Waals surface area (Å²) in [5.41, 5.74) is 2.43. The molecule has 0 radical (unpaired) electrons. The average molecular weight is 436 g/mol. The smallest absolute Gasteiger partial charge is 0.266 e. The normalized spacial score (nSPS) is 17.3. The van der Waals surface area contributed by atoms with Gasteiger partial charge < -0.3 is 15.0 Å². The molecule has 5 nitrogen and oxygen atoms in total. The first-order valence-corrected chi connectivity index (χ1v) is 10.9. The number of carbonyl (C=O) groups excluding carboxylic acids is 1. The largest absolute Gasteiger partial charge is 0.497 e. The molecule has 0 bridgehead atoms. The van der Waals surface area contributed by atoms with Gasteiger partial charge in [0.05, 0.1) is 7.11 Å². The predicted molar refractivity (Wildman–Crippen MR) is 126 cm³/mol. The third kappa shape index (κ3) is 4.77. The maximum atomic E-state index is 15.1. The number of halogens is 1. The van der Waals surface area contributed by atoms with Crippen LogP contribution in [0.2, 0.25) is 0 Å². The number of nitriles is 1. The first kappa shape index (κ1) is 23.3. The standard InChI is InChI=1S/C26H30FN3O2/c1-6-10-30-24-14-23(27)18(12-22(24)17(2)15-26(30,3)4)11-19(16-28)25(31)29-20-8-7-9-21(13-20)32-5/h7-9,11-14,17H,6,10,15H2,1-5H3,(H,29,31)/b19-11+. The molecule has 32 heavy (non-hydrogen) atoms. The van der Waals surface area contributed by atoms with Crippen molar-refractivity contribution in [1.82, 2.24) is 0 Å². The number of amides is 1. The summed E-state index contributed by atoms with van der Waals surface area (Å²) in [6, 6.07) is 12.1. The quantitative estimate of drug-likeness (QED) is 0.454. The van der Waals surface area contributed by atoms with Gasteiger partial charge in [0.2, 0.25) is 0 Å². The summed E-state index contributed by atoms with van der Waals surface area (Å²) in [5.74, 6) is -0.229. The summed E-state index contributed by atoms with van der Waals surface area (Å²) in [4.78, 5) is 14.9. The van der Waals surface area contributed by atoms with Crippen molar-refractivity contribution >= 4 is 23.4 Å². The Bertz CT molecular complexity index is 1080. The molecule has 0 fully saturated rings. The Morgan fingerprint density at radius 1 is 1.38 bits per heavy atom. The van der Waals surface area contributed by atoms with Crippen molar-refractivity contribution in [3.05, 3.63) is 58.9 Å². The lowest BCUT2D eigenvalue weighted by Gasteiger charge is -2.47. The highest BCUT2D eigenvalue weighted by Gasteiger charge is 2.36. The van der Waals surface area contributed by atoms with Gasteiger partial charge in [0.15, 0.2) is 0 Å². The van der Waals surface area contributed by atoms with Crippen LogP contribution in [0.15, 0.2) is 42.0 Å². The summed E-state index contributed by atoms with van der Waals surface area (Å²) in [7, 11) is 1.53. The first-order chi connectivity index (χ1) is 15.2. The second-order valence-electron chi connectivity index (χ2n) is 8.86. The van der Waals surface area contributed by atoms with Gasteiger partial charge in [-0.05, 0) is 68.5 Å². The lowest BCUT2D eigenvalue weighted by molar-refractivity contribution is -0.112. The SMILES string of the molecule is CCCN1c2cc(F)c(/C=C(\C#N)C(=O)Nc3cccc(OC)c3)cc2C(C)CC1(C)C. The Hall–Kier alpha value is -3.33. The van der Waals surface area contributed by atoms with E-state index in [0.717, 1.165) is 30.6 Å². The zero-order valence-electron chi connectivity index (χ0n) is 19.3. The molecule has 1 unspecified atom stereocenters. The highest BCUT2D eigenvalue weighted by atomic mass is 19.1. The van der Waals surface area contributed by atoms with E-state index >= 15 is 4.39 Å². The fourth-order valence-electron chi connectivity index (χ4n) is 4.48. The summed E-state index contributed by atoms with van der Waals surface area (Å²) in [6.45, 7) is 9.46. The molecule has 1 atom stereocenters. The third-order valence-corrected chi connectivity index (χ3v) is 5.94. The Labute approximate surface area is 189 Å². The van der Waals surface area contributed by atoms with Gasteiger partial charge in [-0.25, -0.2) is 4.39 Å². The predicted octanol–water partition coefficient (Wildman–Crippen LogP) is 5.88. The van der Waals surface area contributed by atoms with Crippen LogP contribution in [0.3, 0.4) is 0 Å². The number of carbonyl (C=O) groups is 1. The van der Waals surface area contributed by atoms with Gasteiger partial charge in [-0.2, -0.15) is 5.26 Å². The lowest BCUT2D eigenvalue weighted by Crippen LogP contribution is -2.48. The summed E-state index contributed by atoms with van der Waals surface area (Å²) in [6.07, 6.45) is 3.22. The fraction of sp³-hybridized carbons (Fsp3) is 0.385. The number of benzene rings is 2. The monoisotopic (exact) mass is 435 g/mol. The topological polar surface area (TPSA) is 65.4 Å². The van der Waals surface area contributed by atoms with Crippen molar-refractivity contribution in [2.45, 2.75) is 52.0 Å². The first-order valence-electron chi connectivity index (χ1n) is 10.9. The molecule has 2 aromatic rings. The molecule has 1 aliphatic rings. The van der Waals surface area contributed by atoms with E-state index in [0.29, 0.717) is 11.4 Å². The minimum Gasteiger partial charge on any atom is -0.497 e. The molecular weight excluding hydrogens is 405 g/mol. The number of rotatable bonds is 6. The van der Waals surface area contributed by atoms with Gasteiger partial charge in [0.1, 0.15) is 23.2 Å². The summed E-state index contributed by atoms with van der Waals surface area (Å²) in [5, 5.41) is 12.2. The lowest BCUT2D eigenvalue weighted by atomic mass is 9.79. The molecular formula is C26H30FN3O2. The number of anilines is 2. The molecule has 2 aromatic carbocycles. The Balaban J connectivity index is 1.95. The van der Waals surface area contributed by atoms with Crippen molar-refractivity contribution in [2.24, 2.45) is 0 Å². The van der Waals surface area contributed by atoms with Gasteiger partial charge in [-0.15, -0.1) is 0 Å². The van der Waals surface area contributed by atoms with Gasteiger partial charge >= 0.3 is 0 Å². The highest BCUT2D eigenvalue weighted by Crippen LogP contribution is 2.44. The zero-order chi connectivity index (χ0) is 23.5. The molecule has 0 spiro atoms. The van der Waals surface area contributed by atoms with E-state index in [1.54, 1.807) is 36.4 Å². The van der Waals surface area contributed by atoms with Crippen LogP contribution in [0.25, 0.3) is 6.08 Å². The van der Waals surface area contributed by atoms with Crippen LogP contribution in [0, 0.1) is 17.1 Å². The van der Waals surface area contributed by atoms with Crippen LogP contribution in [-0.4, -0.2) is 25.1 Å². The van der Waals surface area contributed by atoms with Gasteiger partial charge in [0, 0.05) is 35.1 Å². The van der Waals surface area contributed by atoms with Crippen molar-refractivity contribution in [3.63, 3.8) is 0 Å². The molecule has 1 N–H and O–H groups in total. The van der Waals surface area contributed by atoms with Crippen LogP contribution in [0.1, 0.15) is 57.6 Å². The number of hydrogen-bond donors (Lipinski definition) is 1. The van der Waals surface area contributed by atoms with E-state index in [-0.39, 0.29) is 22.6 Å². The minimum atomic E-state index is -0.598. The summed E-state index contributed by atoms with van der Waals surface area (Å²) >= 11 is 0. The number of ether oxygens (including phenoxy) is 1. The van der Waals surface area contributed by atoms with Crippen molar-refractivity contribution in [2.75, 3.05) is 23.9 Å². The molecule has 0 aliphatic carbocycles. The van der Waals surface area contributed by atoms with E-state index in [2.05, 4.69) is 37.9 Å². The molecule has 3 rings (SSSR count). The summed E-state index contributed by atoms with van der Waals surface area (Å²) < 4.78 is 20.3. The second kappa shape index (κ2) is 9.44. The van der Waals surface area contributed by atoms with Crippen molar-refractivity contribution in [1.29, 1.82) is 5.26 Å². The average Bonchev–Trinajstić information content (AvgIpc) is 2.75. The van der Waals surface area contributed by atoms with Gasteiger partial charge in [-0.3, -0.25) is 4.79 Å². The van der Waals surface area contributed by atoms with E-state index in [1.807, 2.05) is 6.07 Å². The maximum absolute atomic E-state index is 15.1. The van der Waals surface area contributed by atoms with Crippen molar-refractivity contribution < 1.29 is 13.9 Å². The number of methoxy groups -OCH3 is 1. The van der Waals surface area contributed by atoms with E-state index in [4.69, 9.17) is 4.74 Å². The highest BCUT2D eigenvalue weighted by molar-refractivity contribution is 6.09. The Morgan fingerprint density at radius 3 is 2.78 bits per heavy atom. The molecule has 1 aliphatic heterocycles. The van der Waals surface area contributed by atoms with Crippen LogP contribution < -0.4 is 15.0 Å². The molecule has 0 saturated carbocycles. The van der Waals surface area contributed by atoms with Crippen LogP contribution >= 0.6 is 0 Å². The van der Waals surface area contributed by atoms with Crippen LogP contribution in [0.5, 0.6) is 5.75 Å². The maximum Gasteiger partial charge on any atom is 0.266 e. The van der Waals surface area contributed by atoms with Gasteiger partial charge in [-0.1, -0.05) is 19.9 Å². The van der Waals surface area contributed by atoms with Crippen LogP contribution in [-0.2, 0) is 4.79 Å². The molecule has 1 heterocycles. The van der Waals surface area contributed by atoms with Crippen molar-refractivity contribution in [3.8, 4) is 11.8 Å². The molecule has 168 valence electrons. The zero-order valence-corrected chi connectivity index (χ0v) is 19.3. The van der Waals surface area contributed by atoms with Gasteiger partial charge in [0.25, 0.3) is 5.91 Å². The van der Waals surface area contributed by atoms with E-state index in [1.165, 1.54) is 13.2 Å². The van der Waals surface area contributed by atoms with E-state index in [9.17, 15) is 10.1 Å². The number of hydrogen-bond acceptors (Lipinski definition) is 4. The van der Waals surface area contributed by atoms with Crippen LogP contribution in [0.4, 0.5) is 15.8 Å². The molecule has 1 amide bonds. The Morgan fingerprint density at radius 2 is 2.12 bits per heavy atom. The third-order valence-electron chi connectivity index (χ3n) is 5.94. The fourth-order valence-corrected chi connectivity index (χ4v) is 4.48. The number of nitrogens with zero attached hydrogens (tertiary/aromatic N) is 2. The molecule has 0 saturated heterocycles. The number of nitrogens with one attached hydrogen (secondary N) is 1.